The number of carbonyl (C=O) groups is 1. The lowest BCUT2D eigenvalue weighted by Crippen LogP contribution is -2.51. The molecule has 0 radical (unpaired) electrons. The van der Waals surface area contributed by atoms with Crippen LogP contribution in [0, 0.1) is 11.7 Å². The van der Waals surface area contributed by atoms with Gasteiger partial charge in [-0.15, -0.1) is 0 Å². The van der Waals surface area contributed by atoms with E-state index in [-0.39, 0.29) is 30.3 Å². The number of rotatable bonds is 4. The summed E-state index contributed by atoms with van der Waals surface area (Å²) >= 11 is 0. The highest BCUT2D eigenvalue weighted by Gasteiger charge is 2.46. The molecule has 3 nitrogen and oxygen atoms in total. The second-order valence-corrected chi connectivity index (χ2v) is 6.09. The average Bonchev–Trinajstić information content (AvgIpc) is 2.85. The number of hydrogen-bond acceptors (Lipinski definition) is 2. The van der Waals surface area contributed by atoms with Gasteiger partial charge in [0, 0.05) is 18.6 Å². The Kier molecular flexibility index (Phi) is 3.81. The molecule has 1 amide bonds. The fraction of sp³-hybridized carbons (Fsp3) is 0.471. The van der Waals surface area contributed by atoms with E-state index in [1.165, 1.54) is 12.1 Å². The van der Waals surface area contributed by atoms with Gasteiger partial charge in [-0.25, -0.2) is 4.39 Å². The molecule has 0 spiro atoms. The summed E-state index contributed by atoms with van der Waals surface area (Å²) in [4.78, 5) is 12.7. The van der Waals surface area contributed by atoms with Crippen LogP contribution in [0.3, 0.4) is 0 Å². The highest BCUT2D eigenvalue weighted by atomic mass is 19.1. The van der Waals surface area contributed by atoms with E-state index in [4.69, 9.17) is 5.11 Å². The Labute approximate surface area is 123 Å². The van der Waals surface area contributed by atoms with E-state index in [0.29, 0.717) is 0 Å². The lowest BCUT2D eigenvalue weighted by molar-refractivity contribution is -0.130. The van der Waals surface area contributed by atoms with Crippen molar-refractivity contribution in [1.29, 1.82) is 0 Å². The van der Waals surface area contributed by atoms with Crippen LogP contribution in [0.4, 0.5) is 4.39 Å². The molecular weight excluding hydrogens is 269 g/mol. The lowest BCUT2D eigenvalue weighted by Gasteiger charge is -2.41. The van der Waals surface area contributed by atoms with Crippen molar-refractivity contribution >= 4 is 5.91 Å². The van der Waals surface area contributed by atoms with Crippen LogP contribution in [0.15, 0.2) is 36.4 Å². The lowest BCUT2D eigenvalue weighted by atomic mass is 9.63. The van der Waals surface area contributed by atoms with Crippen molar-refractivity contribution in [1.82, 2.24) is 5.32 Å². The number of benzene rings is 1. The minimum Gasteiger partial charge on any atom is -0.396 e. The van der Waals surface area contributed by atoms with Crippen molar-refractivity contribution < 1.29 is 14.3 Å². The molecule has 21 heavy (non-hydrogen) atoms. The predicted molar refractivity (Wildman–Crippen MR) is 78.2 cm³/mol. The van der Waals surface area contributed by atoms with E-state index in [1.54, 1.807) is 6.07 Å². The summed E-state index contributed by atoms with van der Waals surface area (Å²) in [5.41, 5.74) is 0.194. The maximum absolute atomic E-state index is 13.5. The van der Waals surface area contributed by atoms with Crippen molar-refractivity contribution in [3.8, 4) is 0 Å². The Hall–Kier alpha value is -1.68. The predicted octanol–water partition coefficient (Wildman–Crippen LogP) is 2.30. The largest absolute Gasteiger partial charge is 0.396 e. The van der Waals surface area contributed by atoms with Crippen molar-refractivity contribution in [3.05, 3.63) is 47.8 Å². The first-order chi connectivity index (χ1) is 10.1. The van der Waals surface area contributed by atoms with Gasteiger partial charge in [0.05, 0.1) is 5.41 Å². The summed E-state index contributed by atoms with van der Waals surface area (Å²) in [5.74, 6) is -0.193. The molecule has 3 rings (SSSR count). The molecule has 0 bridgehead atoms. The molecule has 0 saturated heterocycles. The van der Waals surface area contributed by atoms with Gasteiger partial charge in [-0.3, -0.25) is 4.79 Å². The SMILES string of the molecule is O=C(N[C@@H]1C=C[C@H](CO)C1)C1(c2cccc(F)c2)CCC1. The minimum atomic E-state index is -0.576. The Morgan fingerprint density at radius 1 is 1.38 bits per heavy atom. The fourth-order valence-corrected chi connectivity index (χ4v) is 3.29. The van der Waals surface area contributed by atoms with Crippen LogP contribution >= 0.6 is 0 Å². The summed E-state index contributed by atoms with van der Waals surface area (Å²) in [7, 11) is 0. The first-order valence-corrected chi connectivity index (χ1v) is 7.50. The molecule has 4 heteroatoms. The zero-order chi connectivity index (χ0) is 14.9. The Morgan fingerprint density at radius 2 is 2.19 bits per heavy atom. The van der Waals surface area contributed by atoms with Crippen LogP contribution in [0.1, 0.15) is 31.2 Å². The van der Waals surface area contributed by atoms with Gasteiger partial charge in [0.15, 0.2) is 0 Å². The third kappa shape index (κ3) is 2.60. The monoisotopic (exact) mass is 289 g/mol. The number of aliphatic hydroxyl groups excluding tert-OH is 1. The molecule has 2 N–H and O–H groups in total. The number of hydrogen-bond donors (Lipinski definition) is 2. The van der Waals surface area contributed by atoms with Gasteiger partial charge in [0.25, 0.3) is 0 Å². The van der Waals surface area contributed by atoms with E-state index < -0.39 is 5.41 Å². The fourth-order valence-electron chi connectivity index (χ4n) is 3.29. The van der Waals surface area contributed by atoms with Gasteiger partial charge in [0.1, 0.15) is 5.82 Å². The van der Waals surface area contributed by atoms with Crippen LogP contribution in [-0.2, 0) is 10.2 Å². The molecule has 2 aliphatic rings. The molecule has 1 fully saturated rings. The van der Waals surface area contributed by atoms with Gasteiger partial charge in [0.2, 0.25) is 5.91 Å². The summed E-state index contributed by atoms with van der Waals surface area (Å²) in [5, 5.41) is 12.2. The van der Waals surface area contributed by atoms with Gasteiger partial charge in [-0.1, -0.05) is 30.7 Å². The van der Waals surface area contributed by atoms with Gasteiger partial charge in [-0.05, 0) is 37.0 Å². The number of carbonyl (C=O) groups excluding carboxylic acids is 1. The molecule has 0 aromatic heterocycles. The first kappa shape index (κ1) is 14.3. The molecule has 1 aromatic rings. The van der Waals surface area contributed by atoms with E-state index in [1.807, 2.05) is 18.2 Å². The third-order valence-corrected chi connectivity index (χ3v) is 4.74. The Bertz CT molecular complexity index is 566. The van der Waals surface area contributed by atoms with Crippen LogP contribution in [-0.4, -0.2) is 23.7 Å². The highest BCUT2D eigenvalue weighted by Crippen LogP contribution is 2.44. The molecule has 1 aromatic carbocycles. The summed E-state index contributed by atoms with van der Waals surface area (Å²) < 4.78 is 13.5. The van der Waals surface area contributed by atoms with Gasteiger partial charge >= 0.3 is 0 Å². The second-order valence-electron chi connectivity index (χ2n) is 6.09. The van der Waals surface area contributed by atoms with Crippen molar-refractivity contribution in [2.45, 2.75) is 37.1 Å². The van der Waals surface area contributed by atoms with Crippen LogP contribution in [0.5, 0.6) is 0 Å². The molecular formula is C17H20FNO2. The van der Waals surface area contributed by atoms with E-state index in [9.17, 15) is 9.18 Å². The molecule has 0 unspecified atom stereocenters. The van der Waals surface area contributed by atoms with Crippen LogP contribution in [0.25, 0.3) is 0 Å². The maximum Gasteiger partial charge on any atom is 0.231 e. The Morgan fingerprint density at radius 3 is 2.76 bits per heavy atom. The molecule has 0 heterocycles. The minimum absolute atomic E-state index is 0.0208. The maximum atomic E-state index is 13.5. The van der Waals surface area contributed by atoms with E-state index in [2.05, 4.69) is 5.32 Å². The number of aliphatic hydroxyl groups is 1. The quantitative estimate of drug-likeness (QED) is 0.836. The van der Waals surface area contributed by atoms with Gasteiger partial charge in [-0.2, -0.15) is 0 Å². The summed E-state index contributed by atoms with van der Waals surface area (Å²) in [6, 6.07) is 6.35. The molecule has 2 atom stereocenters. The van der Waals surface area contributed by atoms with E-state index >= 15 is 0 Å². The second kappa shape index (κ2) is 5.60. The number of amides is 1. The molecule has 2 aliphatic carbocycles. The van der Waals surface area contributed by atoms with Gasteiger partial charge < -0.3 is 10.4 Å². The Balaban J connectivity index is 1.74. The van der Waals surface area contributed by atoms with Crippen molar-refractivity contribution in [2.24, 2.45) is 5.92 Å². The number of halogens is 1. The molecule has 0 aliphatic heterocycles. The summed E-state index contributed by atoms with van der Waals surface area (Å²) in [6.45, 7) is 0.109. The average molecular weight is 289 g/mol. The molecule has 1 saturated carbocycles. The standard InChI is InChI=1S/C17H20FNO2/c18-14-4-1-3-13(10-14)17(7-2-8-17)16(21)19-15-6-5-12(9-15)11-20/h1,3-6,10,12,15,20H,2,7-9,11H2,(H,19,21)/t12-,15+/m0/s1. The van der Waals surface area contributed by atoms with Crippen LogP contribution in [0.2, 0.25) is 0 Å². The molecule has 112 valence electrons. The van der Waals surface area contributed by atoms with Crippen molar-refractivity contribution in [2.75, 3.05) is 6.61 Å². The highest BCUT2D eigenvalue weighted by molar-refractivity contribution is 5.89. The van der Waals surface area contributed by atoms with E-state index in [0.717, 1.165) is 31.2 Å². The number of nitrogens with one attached hydrogen (secondary N) is 1. The third-order valence-electron chi connectivity index (χ3n) is 4.74. The zero-order valence-electron chi connectivity index (χ0n) is 11.9. The smallest absolute Gasteiger partial charge is 0.231 e. The summed E-state index contributed by atoms with van der Waals surface area (Å²) in [6.07, 6.45) is 7.15. The van der Waals surface area contributed by atoms with Crippen molar-refractivity contribution in [3.63, 3.8) is 0 Å². The topological polar surface area (TPSA) is 49.3 Å². The normalized spacial score (nSPS) is 26.4. The zero-order valence-corrected chi connectivity index (χ0v) is 11.9. The first-order valence-electron chi connectivity index (χ1n) is 7.50. The van der Waals surface area contributed by atoms with Crippen LogP contribution < -0.4 is 5.32 Å².